The second-order valence-corrected chi connectivity index (χ2v) is 46.3. The van der Waals surface area contributed by atoms with Crippen LogP contribution in [-0.4, -0.2) is 15.8 Å². The molecule has 6 heterocycles. The minimum absolute atomic E-state index is 0.104. The second-order valence-electron chi connectivity index (χ2n) is 46.3. The molecule has 17 aromatic carbocycles. The van der Waals surface area contributed by atoms with Crippen LogP contribution < -0.4 is 26.2 Å². The van der Waals surface area contributed by atoms with Gasteiger partial charge in [0.25, 0.3) is 6.71 Å². The Morgan fingerprint density at radius 2 is 0.471 bits per heavy atom. The third kappa shape index (κ3) is 14.3. The summed E-state index contributed by atoms with van der Waals surface area (Å²) in [5, 5.41) is 7.13. The molecule has 13 bridgehead atoms. The molecule has 6 heteroatoms. The molecular weight excluding hydrogens is 1640 g/mol. The van der Waals surface area contributed by atoms with E-state index < -0.39 is 5.41 Å². The summed E-state index contributed by atoms with van der Waals surface area (Å²) >= 11 is 0. The highest BCUT2D eigenvalue weighted by atomic mass is 16.3. The largest absolute Gasteiger partial charge is 0.456 e. The van der Waals surface area contributed by atoms with Crippen molar-refractivity contribution >= 4 is 123 Å². The fourth-order valence-electron chi connectivity index (χ4n) is 22.0. The van der Waals surface area contributed by atoms with E-state index in [1.54, 1.807) is 0 Å². The molecule has 0 atom stereocenters. The molecule has 3 aliphatic heterocycles. The Labute approximate surface area is 802 Å². The molecule has 0 fully saturated rings. The number of nitrogens with zero attached hydrogens (tertiary/aromatic N) is 4. The first kappa shape index (κ1) is 86.0. The van der Waals surface area contributed by atoms with E-state index in [1.165, 1.54) is 98.9 Å². The highest BCUT2D eigenvalue weighted by Crippen LogP contribution is 2.58. The van der Waals surface area contributed by atoms with Gasteiger partial charge in [-0.3, -0.25) is 0 Å². The summed E-state index contributed by atoms with van der Waals surface area (Å²) < 4.78 is 12.1. The Hall–Kier alpha value is -14.2. The van der Waals surface area contributed by atoms with Crippen molar-refractivity contribution in [3.8, 4) is 100 Å². The first-order valence-corrected chi connectivity index (χ1v) is 48.9. The molecule has 0 saturated carbocycles. The van der Waals surface area contributed by atoms with Crippen molar-refractivity contribution in [1.29, 1.82) is 0 Å². The van der Waals surface area contributed by atoms with Crippen LogP contribution in [0.5, 0.6) is 0 Å². The van der Waals surface area contributed by atoms with Crippen LogP contribution in [0.25, 0.3) is 166 Å². The number of anilines is 6. The number of furan rings is 1. The van der Waals surface area contributed by atoms with Gasteiger partial charge in [-0.05, 0) is 318 Å². The monoisotopic (exact) mass is 1760 g/mol. The summed E-state index contributed by atoms with van der Waals surface area (Å²) in [6, 6.07) is 134. The van der Waals surface area contributed by atoms with E-state index in [0.717, 1.165) is 156 Å². The topological polar surface area (TPSA) is 29.5 Å². The molecule has 3 aromatic heterocycles. The van der Waals surface area contributed by atoms with E-state index in [2.05, 4.69) is 504 Å². The molecule has 5 nitrogen and oxygen atoms in total. The standard InChI is InChI=1S/C130H119BN4O/c1-124(2,3)90-46-54-111-103(66-90)104-67-91(125(4,5)6)47-55-112(104)132(111)97-50-52-109-115(76-97)134-117-74-96(130(19,20)21)75-118-121(117)131(109)110-53-51-98(133-113-56-48-92(126(7,8)9)68-105(113)106-69-93(127(10,11)12)49-57-114(106)133)77-116(110)135(118)123-100(87-41-29-37-81(61-87)79-34-26-23-27-35-79)71-95(129(16,17)18)73-102(123)89-43-31-39-83(63-89)85-45-59-120-108(65-85)107-64-84(44-58-119(107)136-120)82-38-30-42-88(62-82)101-72-94(128(13,14)15)70-99(122(101)134)86-40-28-36-80(60-86)78-32-24-22-25-33-78/h22-77H,1-21H3. The molecule has 20 aromatic rings. The first-order valence-electron chi connectivity index (χ1n) is 48.9. The maximum atomic E-state index is 6.95. The molecule has 23 rings (SSSR count). The smallest absolute Gasteiger partial charge is 0.252 e. The van der Waals surface area contributed by atoms with E-state index in [0.29, 0.717) is 0 Å². The second kappa shape index (κ2) is 30.7. The van der Waals surface area contributed by atoms with Crippen LogP contribution in [0.4, 0.5) is 34.1 Å². The van der Waals surface area contributed by atoms with Crippen LogP contribution >= 0.6 is 0 Å². The number of hydrogen-bond donors (Lipinski definition) is 0. The molecule has 0 aliphatic carbocycles. The Kier molecular flexibility index (Phi) is 19.4. The van der Waals surface area contributed by atoms with Crippen LogP contribution in [0.15, 0.2) is 344 Å². The van der Waals surface area contributed by atoms with Crippen LogP contribution in [0.1, 0.15) is 184 Å². The quantitative estimate of drug-likeness (QED) is 0.155. The van der Waals surface area contributed by atoms with Crippen LogP contribution in [0, 0.1) is 0 Å². The average molecular weight is 1760 g/mol. The lowest BCUT2D eigenvalue weighted by molar-refractivity contribution is 0.590. The van der Waals surface area contributed by atoms with Crippen molar-refractivity contribution in [2.75, 3.05) is 9.80 Å². The molecule has 0 amide bonds. The molecule has 0 spiro atoms. The molecule has 0 radical (unpaired) electrons. The number of aromatic nitrogens is 2. The van der Waals surface area contributed by atoms with E-state index in [1.807, 2.05) is 0 Å². The van der Waals surface area contributed by atoms with Gasteiger partial charge < -0.3 is 23.4 Å². The summed E-state index contributed by atoms with van der Waals surface area (Å²) in [7, 11) is 0. The van der Waals surface area contributed by atoms with E-state index in [4.69, 9.17) is 4.42 Å². The Morgan fingerprint density at radius 1 is 0.199 bits per heavy atom. The molecule has 136 heavy (non-hydrogen) atoms. The zero-order chi connectivity index (χ0) is 94.2. The third-order valence-electron chi connectivity index (χ3n) is 29.9. The molecule has 3 aliphatic rings. The van der Waals surface area contributed by atoms with Crippen LogP contribution in [-0.2, 0) is 37.9 Å². The van der Waals surface area contributed by atoms with Crippen LogP contribution in [0.3, 0.4) is 0 Å². The van der Waals surface area contributed by atoms with Gasteiger partial charge in [-0.2, -0.15) is 0 Å². The third-order valence-corrected chi connectivity index (χ3v) is 29.9. The van der Waals surface area contributed by atoms with Gasteiger partial charge in [0.05, 0.1) is 33.4 Å². The fraction of sp³-hybridized carbons (Fsp3) is 0.215. The number of hydrogen-bond acceptors (Lipinski definition) is 3. The normalized spacial score (nSPS) is 13.4. The van der Waals surface area contributed by atoms with E-state index in [-0.39, 0.29) is 39.2 Å². The zero-order valence-corrected chi connectivity index (χ0v) is 82.6. The lowest BCUT2D eigenvalue weighted by atomic mass is 9.33. The lowest BCUT2D eigenvalue weighted by Crippen LogP contribution is -2.61. The first-order chi connectivity index (χ1) is 64.8. The predicted molar refractivity (Wildman–Crippen MR) is 584 cm³/mol. The van der Waals surface area contributed by atoms with E-state index >= 15 is 0 Å². The van der Waals surface area contributed by atoms with Gasteiger partial charge in [-0.1, -0.05) is 327 Å². The molecular formula is C130H119BN4O. The number of rotatable bonds is 6. The fourth-order valence-corrected chi connectivity index (χ4v) is 22.0. The lowest BCUT2D eigenvalue weighted by Gasteiger charge is -2.47. The summed E-state index contributed by atoms with van der Waals surface area (Å²) in [5.41, 5.74) is 44.3. The molecule has 0 N–H and O–H groups in total. The van der Waals surface area contributed by atoms with Gasteiger partial charge in [0, 0.05) is 88.7 Å². The Balaban J connectivity index is 0.935. The molecule has 0 unspecified atom stereocenters. The predicted octanol–water partition coefficient (Wildman–Crippen LogP) is 34.6. The van der Waals surface area contributed by atoms with Crippen molar-refractivity contribution < 1.29 is 4.42 Å². The summed E-state index contributed by atoms with van der Waals surface area (Å²) in [5.74, 6) is 0. The van der Waals surface area contributed by atoms with Crippen molar-refractivity contribution in [2.45, 2.75) is 183 Å². The van der Waals surface area contributed by atoms with Gasteiger partial charge in [-0.15, -0.1) is 0 Å². The highest BCUT2D eigenvalue weighted by Gasteiger charge is 2.47. The van der Waals surface area contributed by atoms with E-state index in [9.17, 15) is 0 Å². The highest BCUT2D eigenvalue weighted by molar-refractivity contribution is 7.00. The van der Waals surface area contributed by atoms with Gasteiger partial charge in [-0.25, -0.2) is 0 Å². The average Bonchev–Trinajstić information content (AvgIpc) is 0.719. The maximum Gasteiger partial charge on any atom is 0.252 e. The van der Waals surface area contributed by atoms with Crippen molar-refractivity contribution in [3.63, 3.8) is 0 Å². The number of benzene rings is 17. The summed E-state index contributed by atoms with van der Waals surface area (Å²) in [6.45, 7) is 49.5. The van der Waals surface area contributed by atoms with Gasteiger partial charge in [0.15, 0.2) is 0 Å². The molecule has 668 valence electrons. The maximum absolute atomic E-state index is 6.95. The van der Waals surface area contributed by atoms with Crippen molar-refractivity contribution in [2.24, 2.45) is 0 Å². The Bertz CT molecular complexity index is 7760. The minimum Gasteiger partial charge on any atom is -0.456 e. The SMILES string of the molecule is CC(C)(C)c1cc(-c2cccc(-c3ccccc3)c2)c2c(c1)-c1cccc(c1)-c1ccc3oc4ccc(cc4c3c1)-c1cccc(c1)-c1cc(C(C)(C)C)cc(-c3cccc(-c4ccccc4)c3)c1N1c3cc(-n4c5ccc(C(C)(C)C)cc5c5cc(C(C)(C)C)ccc54)ccc3B3c4ccc(-n5c6ccc(C(C)(C)C)cc6c6cc(C(C)(C)C)ccc65)cc4N2c2cc(C(C)(C)C)cc1c23. The van der Waals surface area contributed by atoms with Crippen molar-refractivity contribution in [3.05, 3.63) is 379 Å². The van der Waals surface area contributed by atoms with Crippen LogP contribution in [0.2, 0.25) is 0 Å². The summed E-state index contributed by atoms with van der Waals surface area (Å²) in [4.78, 5) is 5.61. The van der Waals surface area contributed by atoms with Gasteiger partial charge in [0.2, 0.25) is 0 Å². The zero-order valence-electron chi connectivity index (χ0n) is 82.6. The Morgan fingerprint density at radius 3 is 0.772 bits per heavy atom. The number of fused-ring (bicyclic) bond motifs is 26. The molecule has 0 saturated heterocycles. The van der Waals surface area contributed by atoms with Gasteiger partial charge >= 0.3 is 0 Å². The van der Waals surface area contributed by atoms with Gasteiger partial charge in [0.1, 0.15) is 11.2 Å². The van der Waals surface area contributed by atoms with Crippen molar-refractivity contribution in [1.82, 2.24) is 9.13 Å². The summed E-state index contributed by atoms with van der Waals surface area (Å²) in [6.07, 6.45) is 0. The minimum atomic E-state index is -0.437.